The quantitative estimate of drug-likeness (QED) is 0.863. The molecule has 1 aliphatic rings. The molecular weight excluding hydrogens is 278 g/mol. The molecule has 1 aliphatic carbocycles. The highest BCUT2D eigenvalue weighted by Gasteiger charge is 2.18. The molecule has 2 rings (SSSR count). The monoisotopic (exact) mass is 295 g/mol. The summed E-state index contributed by atoms with van der Waals surface area (Å²) < 4.78 is 12.0. The fourth-order valence-electron chi connectivity index (χ4n) is 2.29. The molecule has 1 unspecified atom stereocenters. The van der Waals surface area contributed by atoms with Gasteiger partial charge in [0.05, 0.1) is 16.4 Å². The van der Waals surface area contributed by atoms with Crippen molar-refractivity contribution >= 4 is 22.7 Å². The number of carbonyl (C=O) groups is 2. The van der Waals surface area contributed by atoms with Gasteiger partial charge >= 0.3 is 5.97 Å². The molecule has 0 aromatic heterocycles. The molecule has 1 fully saturated rings. The summed E-state index contributed by atoms with van der Waals surface area (Å²) in [5.74, 6) is -1.32. The molecule has 1 saturated carbocycles. The Hall–Kier alpha value is -1.69. The molecular formula is C14H17NO4S. The Labute approximate surface area is 119 Å². The minimum Gasteiger partial charge on any atom is -0.478 e. The van der Waals surface area contributed by atoms with Gasteiger partial charge in [0.15, 0.2) is 0 Å². The maximum absolute atomic E-state index is 12.0. The predicted molar refractivity (Wildman–Crippen MR) is 75.1 cm³/mol. The van der Waals surface area contributed by atoms with Gasteiger partial charge in [0.25, 0.3) is 0 Å². The summed E-state index contributed by atoms with van der Waals surface area (Å²) in [4.78, 5) is 22.9. The van der Waals surface area contributed by atoms with Crippen LogP contribution in [-0.2, 0) is 15.6 Å². The van der Waals surface area contributed by atoms with E-state index in [0.717, 1.165) is 25.7 Å². The molecule has 5 nitrogen and oxygen atoms in total. The Morgan fingerprint density at radius 1 is 1.20 bits per heavy atom. The van der Waals surface area contributed by atoms with Crippen molar-refractivity contribution in [3.8, 4) is 0 Å². The molecule has 108 valence electrons. The van der Waals surface area contributed by atoms with E-state index in [1.807, 2.05) is 0 Å². The van der Waals surface area contributed by atoms with Crippen molar-refractivity contribution in [2.75, 3.05) is 5.75 Å². The molecule has 0 aliphatic heterocycles. The zero-order chi connectivity index (χ0) is 14.5. The first-order valence-corrected chi connectivity index (χ1v) is 7.89. The third kappa shape index (κ3) is 3.90. The van der Waals surface area contributed by atoms with E-state index in [1.165, 1.54) is 24.3 Å². The fraction of sp³-hybridized carbons (Fsp3) is 0.429. The van der Waals surface area contributed by atoms with Gasteiger partial charge in [0, 0.05) is 10.9 Å². The molecule has 1 amide bonds. The van der Waals surface area contributed by atoms with Gasteiger partial charge in [-0.2, -0.15) is 0 Å². The smallest absolute Gasteiger partial charge is 0.335 e. The normalized spacial score (nSPS) is 16.8. The third-order valence-electron chi connectivity index (χ3n) is 3.35. The van der Waals surface area contributed by atoms with Gasteiger partial charge in [-0.25, -0.2) is 4.79 Å². The fourth-order valence-corrected chi connectivity index (χ4v) is 3.22. The molecule has 0 spiro atoms. The number of nitrogens with one attached hydrogen (secondary N) is 1. The van der Waals surface area contributed by atoms with Gasteiger partial charge in [-0.15, -0.1) is 0 Å². The summed E-state index contributed by atoms with van der Waals surface area (Å²) in [5.41, 5.74) is 0.140. The van der Waals surface area contributed by atoms with Gasteiger partial charge < -0.3 is 10.4 Å². The highest BCUT2D eigenvalue weighted by molar-refractivity contribution is 7.85. The lowest BCUT2D eigenvalue weighted by molar-refractivity contribution is -0.119. The number of benzene rings is 1. The Kier molecular flexibility index (Phi) is 4.89. The number of carboxylic acid groups (broad SMARTS) is 1. The number of carboxylic acids is 1. The highest BCUT2D eigenvalue weighted by Crippen LogP contribution is 2.17. The van der Waals surface area contributed by atoms with Crippen LogP contribution in [0.25, 0.3) is 0 Å². The summed E-state index contributed by atoms with van der Waals surface area (Å²) in [7, 11) is -1.44. The molecule has 1 atom stereocenters. The number of hydrogen-bond acceptors (Lipinski definition) is 3. The van der Waals surface area contributed by atoms with Crippen LogP contribution in [0.5, 0.6) is 0 Å². The number of hydrogen-bond donors (Lipinski definition) is 2. The van der Waals surface area contributed by atoms with Gasteiger partial charge in [-0.05, 0) is 37.1 Å². The predicted octanol–water partition coefficient (Wildman–Crippen LogP) is 1.55. The highest BCUT2D eigenvalue weighted by atomic mass is 32.2. The number of amides is 1. The van der Waals surface area contributed by atoms with Crippen molar-refractivity contribution < 1.29 is 18.9 Å². The molecule has 20 heavy (non-hydrogen) atoms. The van der Waals surface area contributed by atoms with Crippen LogP contribution in [0, 0.1) is 0 Å². The number of rotatable bonds is 5. The van der Waals surface area contributed by atoms with Crippen LogP contribution in [0.4, 0.5) is 0 Å². The van der Waals surface area contributed by atoms with Crippen LogP contribution >= 0.6 is 0 Å². The van der Waals surface area contributed by atoms with E-state index in [0.29, 0.717) is 4.90 Å². The van der Waals surface area contributed by atoms with Gasteiger partial charge in [0.2, 0.25) is 5.91 Å². The zero-order valence-electron chi connectivity index (χ0n) is 11.0. The lowest BCUT2D eigenvalue weighted by Crippen LogP contribution is -2.35. The van der Waals surface area contributed by atoms with E-state index in [9.17, 15) is 13.8 Å². The van der Waals surface area contributed by atoms with Crippen LogP contribution in [0.15, 0.2) is 29.2 Å². The van der Waals surface area contributed by atoms with E-state index < -0.39 is 16.8 Å². The summed E-state index contributed by atoms with van der Waals surface area (Å²) in [6.07, 6.45) is 4.24. The van der Waals surface area contributed by atoms with Crippen LogP contribution < -0.4 is 5.32 Å². The second-order valence-corrected chi connectivity index (χ2v) is 6.32. The maximum Gasteiger partial charge on any atom is 0.335 e. The van der Waals surface area contributed by atoms with Crippen LogP contribution in [0.1, 0.15) is 36.0 Å². The van der Waals surface area contributed by atoms with Crippen molar-refractivity contribution in [1.29, 1.82) is 0 Å². The van der Waals surface area contributed by atoms with Crippen molar-refractivity contribution in [3.63, 3.8) is 0 Å². The van der Waals surface area contributed by atoms with E-state index in [-0.39, 0.29) is 23.3 Å². The molecule has 1 aromatic rings. The second-order valence-electron chi connectivity index (χ2n) is 4.87. The first-order chi connectivity index (χ1) is 9.56. The van der Waals surface area contributed by atoms with Crippen LogP contribution in [0.3, 0.4) is 0 Å². The molecule has 1 aromatic carbocycles. The van der Waals surface area contributed by atoms with E-state index in [1.54, 1.807) is 0 Å². The average Bonchev–Trinajstić information content (AvgIpc) is 2.91. The summed E-state index contributed by atoms with van der Waals surface area (Å²) >= 11 is 0. The van der Waals surface area contributed by atoms with E-state index >= 15 is 0 Å². The molecule has 0 heterocycles. The third-order valence-corrected chi connectivity index (χ3v) is 4.67. The topological polar surface area (TPSA) is 83.5 Å². The SMILES string of the molecule is O=C(CS(=O)c1ccc(C(=O)O)cc1)NC1CCCC1. The van der Waals surface area contributed by atoms with Crippen LogP contribution in [0.2, 0.25) is 0 Å². The number of carbonyl (C=O) groups excluding carboxylic acids is 1. The van der Waals surface area contributed by atoms with Gasteiger partial charge in [0.1, 0.15) is 5.75 Å². The Bertz CT molecular complexity index is 520. The Balaban J connectivity index is 1.90. The first-order valence-electron chi connectivity index (χ1n) is 6.57. The molecule has 2 N–H and O–H groups in total. The number of aromatic carboxylic acids is 1. The molecule has 6 heteroatoms. The summed E-state index contributed by atoms with van der Waals surface area (Å²) in [6.45, 7) is 0. The molecule has 0 radical (unpaired) electrons. The van der Waals surface area contributed by atoms with Crippen molar-refractivity contribution in [2.24, 2.45) is 0 Å². The van der Waals surface area contributed by atoms with Gasteiger partial charge in [-0.1, -0.05) is 12.8 Å². The van der Waals surface area contributed by atoms with E-state index in [2.05, 4.69) is 5.32 Å². The Morgan fingerprint density at radius 2 is 1.80 bits per heavy atom. The largest absolute Gasteiger partial charge is 0.478 e. The van der Waals surface area contributed by atoms with Crippen molar-refractivity contribution in [1.82, 2.24) is 5.32 Å². The minimum absolute atomic E-state index is 0.0804. The second kappa shape index (κ2) is 6.65. The average molecular weight is 295 g/mol. The standard InChI is InChI=1S/C14H17NO4S/c16-13(15-11-3-1-2-4-11)9-20(19)12-7-5-10(6-8-12)14(17)18/h5-8,11H,1-4,9H2,(H,15,16)(H,17,18). The first kappa shape index (κ1) is 14.7. The Morgan fingerprint density at radius 3 is 2.35 bits per heavy atom. The maximum atomic E-state index is 12.0. The van der Waals surface area contributed by atoms with Crippen molar-refractivity contribution in [3.05, 3.63) is 29.8 Å². The zero-order valence-corrected chi connectivity index (χ0v) is 11.8. The van der Waals surface area contributed by atoms with Gasteiger partial charge in [-0.3, -0.25) is 9.00 Å². The van der Waals surface area contributed by atoms with Crippen molar-refractivity contribution in [2.45, 2.75) is 36.6 Å². The van der Waals surface area contributed by atoms with Crippen LogP contribution in [-0.4, -0.2) is 33.0 Å². The van der Waals surface area contributed by atoms with E-state index in [4.69, 9.17) is 5.11 Å². The lowest BCUT2D eigenvalue weighted by Gasteiger charge is -2.11. The minimum atomic E-state index is -1.44. The lowest BCUT2D eigenvalue weighted by atomic mass is 10.2. The molecule has 0 saturated heterocycles. The summed E-state index contributed by atoms with van der Waals surface area (Å²) in [6, 6.07) is 5.98. The molecule has 0 bridgehead atoms. The summed E-state index contributed by atoms with van der Waals surface area (Å²) in [5, 5.41) is 11.7.